The van der Waals surface area contributed by atoms with Gasteiger partial charge in [0.2, 0.25) is 5.91 Å². The summed E-state index contributed by atoms with van der Waals surface area (Å²) in [5, 5.41) is 0.672. The maximum Gasteiger partial charge on any atom is 0.256 e. The fourth-order valence-corrected chi connectivity index (χ4v) is 4.67. The van der Waals surface area contributed by atoms with E-state index in [1.165, 1.54) is 22.2 Å². The van der Waals surface area contributed by atoms with Crippen molar-refractivity contribution in [3.8, 4) is 0 Å². The molecule has 0 saturated carbocycles. The van der Waals surface area contributed by atoms with Crippen LogP contribution in [0, 0.1) is 27.7 Å². The zero-order chi connectivity index (χ0) is 22.7. The third kappa shape index (κ3) is 5.02. The van der Waals surface area contributed by atoms with Crippen LogP contribution >= 0.6 is 11.3 Å². The van der Waals surface area contributed by atoms with Crippen LogP contribution in [0.25, 0.3) is 10.2 Å². The van der Waals surface area contributed by atoms with Gasteiger partial charge in [-0.1, -0.05) is 31.3 Å². The molecule has 8 heteroatoms. The van der Waals surface area contributed by atoms with Crippen molar-refractivity contribution in [1.29, 1.82) is 0 Å². The SMILES string of the molecule is CCN(CC)CCN(C(=O)Cn1cnc(C)c(C)c1=O)c1nc2cc(C)cc(C)c2s1. The van der Waals surface area contributed by atoms with Crippen LogP contribution < -0.4 is 10.5 Å². The van der Waals surface area contributed by atoms with Crippen LogP contribution in [0.1, 0.15) is 36.2 Å². The number of hydrogen-bond donors (Lipinski definition) is 0. The highest BCUT2D eigenvalue weighted by Gasteiger charge is 2.22. The number of carbonyl (C=O) groups is 1. The number of anilines is 1. The summed E-state index contributed by atoms with van der Waals surface area (Å²) >= 11 is 1.53. The zero-order valence-electron chi connectivity index (χ0n) is 19.2. The fraction of sp³-hybridized carbons (Fsp3) is 0.478. The van der Waals surface area contributed by atoms with E-state index >= 15 is 0 Å². The molecule has 166 valence electrons. The predicted octanol–water partition coefficient (Wildman–Crippen LogP) is 3.46. The Morgan fingerprint density at radius 1 is 1.10 bits per heavy atom. The van der Waals surface area contributed by atoms with Crippen molar-refractivity contribution in [2.24, 2.45) is 0 Å². The molecule has 3 rings (SSSR count). The Bertz CT molecular complexity index is 1150. The smallest absolute Gasteiger partial charge is 0.256 e. The van der Waals surface area contributed by atoms with Gasteiger partial charge in [0.15, 0.2) is 5.13 Å². The van der Waals surface area contributed by atoms with E-state index in [1.807, 2.05) is 13.0 Å². The molecule has 0 N–H and O–H groups in total. The molecule has 0 bridgehead atoms. The topological polar surface area (TPSA) is 71.3 Å². The van der Waals surface area contributed by atoms with Crippen LogP contribution in [0.5, 0.6) is 0 Å². The Hall–Kier alpha value is -2.58. The highest BCUT2D eigenvalue weighted by atomic mass is 32.1. The van der Waals surface area contributed by atoms with E-state index in [9.17, 15) is 9.59 Å². The Morgan fingerprint density at radius 3 is 2.48 bits per heavy atom. The van der Waals surface area contributed by atoms with Crippen molar-refractivity contribution in [3.05, 3.63) is 51.2 Å². The first-order valence-electron chi connectivity index (χ1n) is 10.7. The molecular formula is C23H31N5O2S. The van der Waals surface area contributed by atoms with Crippen molar-refractivity contribution >= 4 is 32.6 Å². The summed E-state index contributed by atoms with van der Waals surface area (Å²) in [4.78, 5) is 39.0. The van der Waals surface area contributed by atoms with E-state index in [-0.39, 0.29) is 18.0 Å². The van der Waals surface area contributed by atoms with Gasteiger partial charge in [-0.3, -0.25) is 19.1 Å². The lowest BCUT2D eigenvalue weighted by molar-refractivity contribution is -0.119. The molecular weight excluding hydrogens is 410 g/mol. The second-order valence-corrected chi connectivity index (χ2v) is 8.86. The summed E-state index contributed by atoms with van der Waals surface area (Å²) in [5.74, 6) is -0.159. The molecule has 0 fully saturated rings. The number of amides is 1. The number of likely N-dealkylation sites (N-methyl/N-ethyl adjacent to an activating group) is 1. The Balaban J connectivity index is 1.96. The van der Waals surface area contributed by atoms with Crippen molar-refractivity contribution in [2.45, 2.75) is 48.1 Å². The van der Waals surface area contributed by atoms with E-state index < -0.39 is 0 Å². The summed E-state index contributed by atoms with van der Waals surface area (Å²) in [5.41, 5.74) is 4.28. The van der Waals surface area contributed by atoms with Gasteiger partial charge in [-0.25, -0.2) is 9.97 Å². The van der Waals surface area contributed by atoms with Crippen LogP contribution in [0.3, 0.4) is 0 Å². The number of carbonyl (C=O) groups excluding carboxylic acids is 1. The molecule has 31 heavy (non-hydrogen) atoms. The third-order valence-electron chi connectivity index (χ3n) is 5.70. The summed E-state index contributed by atoms with van der Waals surface area (Å²) < 4.78 is 2.48. The molecule has 0 radical (unpaired) electrons. The minimum Gasteiger partial charge on any atom is -0.302 e. The predicted molar refractivity (Wildman–Crippen MR) is 127 cm³/mol. The molecule has 7 nitrogen and oxygen atoms in total. The first-order chi connectivity index (χ1) is 14.7. The molecule has 1 aromatic carbocycles. The normalized spacial score (nSPS) is 11.5. The van der Waals surface area contributed by atoms with Gasteiger partial charge >= 0.3 is 0 Å². The maximum absolute atomic E-state index is 13.4. The number of hydrogen-bond acceptors (Lipinski definition) is 6. The van der Waals surface area contributed by atoms with Crippen molar-refractivity contribution < 1.29 is 4.79 Å². The van der Waals surface area contributed by atoms with Crippen molar-refractivity contribution in [1.82, 2.24) is 19.4 Å². The quantitative estimate of drug-likeness (QED) is 0.535. The molecule has 0 aliphatic carbocycles. The molecule has 0 unspecified atom stereocenters. The average molecular weight is 442 g/mol. The van der Waals surface area contributed by atoms with Crippen LogP contribution in [0.15, 0.2) is 23.3 Å². The first-order valence-corrected chi connectivity index (χ1v) is 11.5. The number of thiazole rings is 1. The van der Waals surface area contributed by atoms with Crippen molar-refractivity contribution in [2.75, 3.05) is 31.1 Å². The summed E-state index contributed by atoms with van der Waals surface area (Å²) in [6.45, 7) is 14.9. The van der Waals surface area contributed by atoms with Gasteiger partial charge < -0.3 is 4.90 Å². The van der Waals surface area contributed by atoms with Gasteiger partial charge in [0.25, 0.3) is 5.56 Å². The molecule has 0 spiro atoms. The second kappa shape index (κ2) is 9.70. The lowest BCUT2D eigenvalue weighted by Crippen LogP contribution is -2.41. The molecule has 1 amide bonds. The van der Waals surface area contributed by atoms with E-state index in [2.05, 4.69) is 36.7 Å². The second-order valence-electron chi connectivity index (χ2n) is 7.89. The number of nitrogens with zero attached hydrogens (tertiary/aromatic N) is 5. The third-order valence-corrected chi connectivity index (χ3v) is 6.93. The van der Waals surface area contributed by atoms with E-state index in [0.717, 1.165) is 41.0 Å². The number of rotatable bonds is 8. The number of aryl methyl sites for hydroxylation is 3. The number of aromatic nitrogens is 3. The lowest BCUT2D eigenvalue weighted by Gasteiger charge is -2.25. The molecule has 0 aliphatic rings. The lowest BCUT2D eigenvalue weighted by atomic mass is 10.1. The van der Waals surface area contributed by atoms with Gasteiger partial charge in [0.1, 0.15) is 6.54 Å². The first kappa shape index (κ1) is 23.1. The molecule has 2 heterocycles. The largest absolute Gasteiger partial charge is 0.302 e. The minimum atomic E-state index is -0.180. The number of benzene rings is 1. The van der Waals surface area contributed by atoms with E-state index in [1.54, 1.807) is 18.7 Å². The fourth-order valence-electron chi connectivity index (χ4n) is 3.61. The summed E-state index contributed by atoms with van der Waals surface area (Å²) in [6.07, 6.45) is 1.46. The molecule has 3 aromatic rings. The van der Waals surface area contributed by atoms with E-state index in [4.69, 9.17) is 4.98 Å². The monoisotopic (exact) mass is 441 g/mol. The van der Waals surface area contributed by atoms with Crippen LogP contribution in [-0.4, -0.2) is 51.5 Å². The van der Waals surface area contributed by atoms with Gasteiger partial charge in [-0.2, -0.15) is 0 Å². The molecule has 2 aromatic heterocycles. The summed E-state index contributed by atoms with van der Waals surface area (Å²) in [6, 6.07) is 4.18. The average Bonchev–Trinajstić information content (AvgIpc) is 3.15. The molecule has 0 saturated heterocycles. The Morgan fingerprint density at radius 2 is 1.81 bits per heavy atom. The van der Waals surface area contributed by atoms with Gasteiger partial charge in [0.05, 0.1) is 16.5 Å². The summed E-state index contributed by atoms with van der Waals surface area (Å²) in [7, 11) is 0. The Labute approximate surface area is 187 Å². The van der Waals surface area contributed by atoms with Crippen molar-refractivity contribution in [3.63, 3.8) is 0 Å². The van der Waals surface area contributed by atoms with Crippen LogP contribution in [-0.2, 0) is 11.3 Å². The van der Waals surface area contributed by atoms with Crippen LogP contribution in [0.4, 0.5) is 5.13 Å². The highest BCUT2D eigenvalue weighted by molar-refractivity contribution is 7.22. The Kier molecular flexibility index (Phi) is 7.23. The maximum atomic E-state index is 13.4. The molecule has 0 aliphatic heterocycles. The standard InChI is InChI=1S/C23H31N5O2S/c1-7-26(8-2)9-10-28(20(29)13-27-14-24-18(6)17(5)22(27)30)23-25-19-12-15(3)11-16(4)21(19)31-23/h11-12,14H,7-10,13H2,1-6H3. The number of fused-ring (bicyclic) bond motifs is 1. The molecule has 0 atom stereocenters. The van der Waals surface area contributed by atoms with Gasteiger partial charge in [0, 0.05) is 24.3 Å². The highest BCUT2D eigenvalue weighted by Crippen LogP contribution is 2.32. The minimum absolute atomic E-state index is 0.0564. The van der Waals surface area contributed by atoms with Crippen LogP contribution in [0.2, 0.25) is 0 Å². The van der Waals surface area contributed by atoms with Gasteiger partial charge in [-0.15, -0.1) is 0 Å². The van der Waals surface area contributed by atoms with Gasteiger partial charge in [-0.05, 0) is 58.0 Å². The van der Waals surface area contributed by atoms with E-state index in [0.29, 0.717) is 22.9 Å². The zero-order valence-corrected chi connectivity index (χ0v) is 20.0.